The SMILES string of the molecule is COc1cccc(CC2=C(C)[C@](O)(C=CC(C)=CC(=O)O)C(C)(C)CC2=O)c1. The summed E-state index contributed by atoms with van der Waals surface area (Å²) in [7, 11) is 1.59. The molecule has 0 unspecified atom stereocenters. The van der Waals surface area contributed by atoms with E-state index < -0.39 is 17.0 Å². The molecule has 1 atom stereocenters. The van der Waals surface area contributed by atoms with E-state index >= 15 is 0 Å². The molecule has 0 saturated carbocycles. The van der Waals surface area contributed by atoms with Gasteiger partial charge in [-0.15, -0.1) is 0 Å². The quantitative estimate of drug-likeness (QED) is 0.575. The maximum absolute atomic E-state index is 12.8. The van der Waals surface area contributed by atoms with Gasteiger partial charge in [0, 0.05) is 29.9 Å². The average molecular weight is 384 g/mol. The van der Waals surface area contributed by atoms with E-state index in [1.165, 1.54) is 0 Å². The Balaban J connectivity index is 2.49. The first kappa shape index (κ1) is 21.6. The van der Waals surface area contributed by atoms with Crippen LogP contribution in [0.25, 0.3) is 0 Å². The van der Waals surface area contributed by atoms with Gasteiger partial charge in [-0.2, -0.15) is 0 Å². The van der Waals surface area contributed by atoms with Gasteiger partial charge in [0.2, 0.25) is 0 Å². The van der Waals surface area contributed by atoms with Gasteiger partial charge in [0.15, 0.2) is 5.78 Å². The summed E-state index contributed by atoms with van der Waals surface area (Å²) in [6, 6.07) is 7.51. The van der Waals surface area contributed by atoms with E-state index in [4.69, 9.17) is 9.84 Å². The van der Waals surface area contributed by atoms with Crippen LogP contribution in [-0.2, 0) is 16.0 Å². The second-order valence-corrected chi connectivity index (χ2v) is 7.94. The lowest BCUT2D eigenvalue weighted by Crippen LogP contribution is -2.49. The highest BCUT2D eigenvalue weighted by Gasteiger charge is 2.49. The highest BCUT2D eigenvalue weighted by Crippen LogP contribution is 2.47. The third kappa shape index (κ3) is 4.42. The lowest BCUT2D eigenvalue weighted by atomic mass is 9.62. The average Bonchev–Trinajstić information content (AvgIpc) is 2.61. The molecule has 150 valence electrons. The van der Waals surface area contributed by atoms with Crippen LogP contribution >= 0.6 is 0 Å². The molecule has 0 fully saturated rings. The second-order valence-electron chi connectivity index (χ2n) is 7.94. The van der Waals surface area contributed by atoms with Crippen LogP contribution in [0, 0.1) is 5.41 Å². The number of carbonyl (C=O) groups is 2. The number of allylic oxidation sites excluding steroid dienone is 3. The predicted molar refractivity (Wildman–Crippen MR) is 108 cm³/mol. The molecule has 28 heavy (non-hydrogen) atoms. The number of ketones is 1. The molecular formula is C23H28O5. The van der Waals surface area contributed by atoms with Crippen molar-refractivity contribution in [3.05, 3.63) is 64.8 Å². The molecule has 5 heteroatoms. The minimum atomic E-state index is -1.36. The summed E-state index contributed by atoms with van der Waals surface area (Å²) in [6.45, 7) is 7.12. The molecule has 2 rings (SSSR count). The van der Waals surface area contributed by atoms with Crippen molar-refractivity contribution in [2.45, 2.75) is 46.1 Å². The van der Waals surface area contributed by atoms with Crippen LogP contribution in [0.1, 0.15) is 39.7 Å². The first-order chi connectivity index (χ1) is 13.0. The molecule has 0 aromatic heterocycles. The van der Waals surface area contributed by atoms with Crippen LogP contribution in [0.2, 0.25) is 0 Å². The van der Waals surface area contributed by atoms with Gasteiger partial charge >= 0.3 is 5.97 Å². The Morgan fingerprint density at radius 3 is 2.61 bits per heavy atom. The number of aliphatic hydroxyl groups is 1. The third-order valence-electron chi connectivity index (χ3n) is 5.45. The van der Waals surface area contributed by atoms with Crippen molar-refractivity contribution >= 4 is 11.8 Å². The lowest BCUT2D eigenvalue weighted by molar-refractivity contribution is -0.131. The maximum Gasteiger partial charge on any atom is 0.328 e. The van der Waals surface area contributed by atoms with Crippen molar-refractivity contribution in [2.75, 3.05) is 7.11 Å². The van der Waals surface area contributed by atoms with Crippen LogP contribution < -0.4 is 4.74 Å². The standard InChI is InChI=1S/C23H28O5/c1-15(11-21(25)26)9-10-23(27)16(2)19(20(24)14-22(23,3)4)13-17-7-6-8-18(12-17)28-5/h6-12,27H,13-14H2,1-5H3,(H,25,26)/t23-/m1/s1. The van der Waals surface area contributed by atoms with Crippen LogP contribution in [0.15, 0.2) is 59.2 Å². The summed E-state index contributed by atoms with van der Waals surface area (Å²) in [5, 5.41) is 20.4. The van der Waals surface area contributed by atoms with E-state index in [2.05, 4.69) is 0 Å². The number of aliphatic carboxylic acids is 1. The Bertz CT molecular complexity index is 873. The molecule has 1 aliphatic rings. The summed E-state index contributed by atoms with van der Waals surface area (Å²) in [4.78, 5) is 23.7. The molecule has 2 N–H and O–H groups in total. The number of Topliss-reactive ketones (excluding diaryl/α,β-unsaturated/α-hetero) is 1. The molecule has 0 radical (unpaired) electrons. The van der Waals surface area contributed by atoms with Gasteiger partial charge < -0.3 is 14.9 Å². The van der Waals surface area contributed by atoms with Gasteiger partial charge in [0.05, 0.1) is 7.11 Å². The zero-order valence-electron chi connectivity index (χ0n) is 17.1. The Morgan fingerprint density at radius 2 is 2.00 bits per heavy atom. The fourth-order valence-corrected chi connectivity index (χ4v) is 3.65. The number of carboxylic acid groups (broad SMARTS) is 1. The highest BCUT2D eigenvalue weighted by atomic mass is 16.5. The lowest BCUT2D eigenvalue weighted by Gasteiger charge is -2.46. The van der Waals surface area contributed by atoms with Crippen molar-refractivity contribution in [3.8, 4) is 5.75 Å². The third-order valence-corrected chi connectivity index (χ3v) is 5.45. The Labute approximate surface area is 166 Å². The van der Waals surface area contributed by atoms with Crippen LogP contribution in [-0.4, -0.2) is 34.7 Å². The molecule has 0 heterocycles. The van der Waals surface area contributed by atoms with Gasteiger partial charge in [-0.25, -0.2) is 4.79 Å². The zero-order valence-corrected chi connectivity index (χ0v) is 17.1. The number of carbonyl (C=O) groups excluding carboxylic acids is 1. The normalized spacial score (nSPS) is 22.6. The van der Waals surface area contributed by atoms with E-state index in [0.717, 1.165) is 11.6 Å². The fourth-order valence-electron chi connectivity index (χ4n) is 3.65. The maximum atomic E-state index is 12.8. The summed E-state index contributed by atoms with van der Waals surface area (Å²) in [5.74, 6) is -0.316. The topological polar surface area (TPSA) is 83.8 Å². The highest BCUT2D eigenvalue weighted by molar-refractivity contribution is 5.98. The molecule has 0 aliphatic heterocycles. The molecule has 1 aromatic carbocycles. The monoisotopic (exact) mass is 384 g/mol. The molecule has 0 saturated heterocycles. The number of methoxy groups -OCH3 is 1. The number of ether oxygens (including phenoxy) is 1. The van der Waals surface area contributed by atoms with Crippen molar-refractivity contribution in [1.82, 2.24) is 0 Å². The summed E-state index contributed by atoms with van der Waals surface area (Å²) in [5.41, 5.74) is 0.538. The van der Waals surface area contributed by atoms with E-state index in [9.17, 15) is 14.7 Å². The molecular weight excluding hydrogens is 356 g/mol. The molecule has 5 nitrogen and oxygen atoms in total. The second kappa shape index (κ2) is 8.15. The van der Waals surface area contributed by atoms with Crippen molar-refractivity contribution in [1.29, 1.82) is 0 Å². The Kier molecular flexibility index (Phi) is 6.30. The van der Waals surface area contributed by atoms with Crippen LogP contribution in [0.4, 0.5) is 0 Å². The van der Waals surface area contributed by atoms with Crippen molar-refractivity contribution < 1.29 is 24.5 Å². The van der Waals surface area contributed by atoms with Crippen molar-refractivity contribution in [2.24, 2.45) is 5.41 Å². The summed E-state index contributed by atoms with van der Waals surface area (Å²) < 4.78 is 5.25. The number of benzene rings is 1. The molecule has 0 amide bonds. The number of carboxylic acids is 1. The first-order valence-electron chi connectivity index (χ1n) is 9.19. The van der Waals surface area contributed by atoms with E-state index in [1.54, 1.807) is 33.1 Å². The van der Waals surface area contributed by atoms with E-state index in [1.807, 2.05) is 38.1 Å². The van der Waals surface area contributed by atoms with Gasteiger partial charge in [0.25, 0.3) is 0 Å². The van der Waals surface area contributed by atoms with Crippen molar-refractivity contribution in [3.63, 3.8) is 0 Å². The number of hydrogen-bond acceptors (Lipinski definition) is 4. The Morgan fingerprint density at radius 1 is 1.32 bits per heavy atom. The summed E-state index contributed by atoms with van der Waals surface area (Å²) >= 11 is 0. The van der Waals surface area contributed by atoms with E-state index in [0.29, 0.717) is 28.9 Å². The molecule has 1 aliphatic carbocycles. The van der Waals surface area contributed by atoms with Gasteiger partial charge in [-0.1, -0.05) is 32.1 Å². The van der Waals surface area contributed by atoms with Gasteiger partial charge in [-0.05, 0) is 48.8 Å². The van der Waals surface area contributed by atoms with E-state index in [-0.39, 0.29) is 12.2 Å². The Hall–Kier alpha value is -2.66. The van der Waals surface area contributed by atoms with Gasteiger partial charge in [-0.3, -0.25) is 4.79 Å². The minimum Gasteiger partial charge on any atom is -0.497 e. The van der Waals surface area contributed by atoms with Crippen LogP contribution in [0.5, 0.6) is 5.75 Å². The molecule has 0 bridgehead atoms. The minimum absolute atomic E-state index is 0.0150. The fraction of sp³-hybridized carbons (Fsp3) is 0.391. The zero-order chi connectivity index (χ0) is 21.1. The largest absolute Gasteiger partial charge is 0.497 e. The smallest absolute Gasteiger partial charge is 0.328 e. The summed E-state index contributed by atoms with van der Waals surface area (Å²) in [6.07, 6.45) is 4.88. The number of hydrogen-bond donors (Lipinski definition) is 2. The molecule has 1 aromatic rings. The molecule has 0 spiro atoms. The van der Waals surface area contributed by atoms with Crippen LogP contribution in [0.3, 0.4) is 0 Å². The predicted octanol–water partition coefficient (Wildman–Crippen LogP) is 3.87. The number of rotatable bonds is 6. The van der Waals surface area contributed by atoms with Gasteiger partial charge in [0.1, 0.15) is 11.4 Å². The first-order valence-corrected chi connectivity index (χ1v) is 9.19.